The van der Waals surface area contributed by atoms with E-state index in [0.29, 0.717) is 41.6 Å². The number of rotatable bonds is 6. The van der Waals surface area contributed by atoms with Gasteiger partial charge in [-0.3, -0.25) is 0 Å². The van der Waals surface area contributed by atoms with Crippen LogP contribution in [0.2, 0.25) is 0 Å². The topological polar surface area (TPSA) is 21.8 Å². The zero-order chi connectivity index (χ0) is 20.4. The van der Waals surface area contributed by atoms with Crippen LogP contribution < -0.4 is 4.74 Å². The maximum Gasteiger partial charge on any atom is 0.165 e. The lowest BCUT2D eigenvalue weighted by Gasteiger charge is -2.29. The smallest absolute Gasteiger partial charge is 0.165 e. The quantitative estimate of drug-likeness (QED) is 0.510. The number of epoxide rings is 1. The second-order valence-corrected chi connectivity index (χ2v) is 7.91. The first-order valence-corrected chi connectivity index (χ1v) is 10.2. The van der Waals surface area contributed by atoms with Gasteiger partial charge in [0.15, 0.2) is 11.6 Å². The Bertz CT molecular complexity index is 897. The van der Waals surface area contributed by atoms with Crippen LogP contribution in [0.5, 0.6) is 5.75 Å². The zero-order valence-corrected chi connectivity index (χ0v) is 16.5. The molecule has 2 aliphatic rings. The molecule has 1 aliphatic carbocycles. The zero-order valence-electron chi connectivity index (χ0n) is 16.5. The van der Waals surface area contributed by atoms with Crippen molar-refractivity contribution in [3.05, 3.63) is 70.5 Å². The summed E-state index contributed by atoms with van der Waals surface area (Å²) in [6.07, 6.45) is 6.54. The van der Waals surface area contributed by atoms with Gasteiger partial charge in [0.25, 0.3) is 0 Å². The normalized spacial score (nSPS) is 24.1. The number of ether oxygens (including phenoxy) is 2. The van der Waals surface area contributed by atoms with E-state index in [-0.39, 0.29) is 17.8 Å². The van der Waals surface area contributed by atoms with Crippen LogP contribution in [0.25, 0.3) is 6.08 Å². The summed E-state index contributed by atoms with van der Waals surface area (Å²) < 4.78 is 53.7. The van der Waals surface area contributed by atoms with Crippen molar-refractivity contribution in [2.75, 3.05) is 13.2 Å². The van der Waals surface area contributed by atoms with E-state index in [1.807, 2.05) is 6.92 Å². The van der Waals surface area contributed by atoms with Crippen molar-refractivity contribution < 1.29 is 22.6 Å². The fourth-order valence-corrected chi connectivity index (χ4v) is 4.14. The summed E-state index contributed by atoms with van der Waals surface area (Å²) in [5.74, 6) is -0.928. The number of halogens is 3. The van der Waals surface area contributed by atoms with Gasteiger partial charge in [-0.1, -0.05) is 24.3 Å². The van der Waals surface area contributed by atoms with E-state index in [2.05, 4.69) is 0 Å². The largest absolute Gasteiger partial charge is 0.493 e. The molecule has 1 aliphatic heterocycles. The minimum atomic E-state index is -0.765. The van der Waals surface area contributed by atoms with Crippen LogP contribution in [-0.4, -0.2) is 13.2 Å². The highest BCUT2D eigenvalue weighted by Crippen LogP contribution is 2.40. The van der Waals surface area contributed by atoms with Gasteiger partial charge in [0, 0.05) is 17.2 Å². The predicted octanol–water partition coefficient (Wildman–Crippen LogP) is 6.56. The van der Waals surface area contributed by atoms with Crippen LogP contribution in [-0.2, 0) is 4.74 Å². The lowest BCUT2D eigenvalue weighted by molar-refractivity contribution is 0.198. The third-order valence-electron chi connectivity index (χ3n) is 5.91. The van der Waals surface area contributed by atoms with E-state index in [0.717, 1.165) is 25.7 Å². The molecule has 154 valence electrons. The molecule has 5 heteroatoms. The van der Waals surface area contributed by atoms with E-state index < -0.39 is 11.6 Å². The van der Waals surface area contributed by atoms with Crippen molar-refractivity contribution >= 4 is 6.08 Å². The molecule has 2 fully saturated rings. The molecule has 1 atom stereocenters. The molecule has 2 aromatic rings. The molecule has 1 heterocycles. The van der Waals surface area contributed by atoms with E-state index >= 15 is 0 Å². The van der Waals surface area contributed by atoms with Crippen LogP contribution in [0.15, 0.2) is 36.4 Å². The van der Waals surface area contributed by atoms with Gasteiger partial charge in [-0.2, -0.15) is 0 Å². The molecule has 0 aromatic heterocycles. The fraction of sp³-hybridized carbons (Fsp3) is 0.417. The van der Waals surface area contributed by atoms with Gasteiger partial charge in [-0.15, -0.1) is 0 Å². The molecule has 0 amide bonds. The van der Waals surface area contributed by atoms with Crippen molar-refractivity contribution in [3.63, 3.8) is 0 Å². The monoisotopic (exact) mass is 402 g/mol. The molecule has 29 heavy (non-hydrogen) atoms. The fourth-order valence-electron chi connectivity index (χ4n) is 4.14. The minimum absolute atomic E-state index is 0.0208. The Morgan fingerprint density at radius 3 is 2.34 bits per heavy atom. The maximum atomic E-state index is 14.5. The first-order chi connectivity index (χ1) is 14.1. The van der Waals surface area contributed by atoms with Crippen LogP contribution in [0.3, 0.4) is 0 Å². The summed E-state index contributed by atoms with van der Waals surface area (Å²) in [5.41, 5.74) is 1.32. The van der Waals surface area contributed by atoms with Gasteiger partial charge >= 0.3 is 0 Å². The molecule has 1 saturated carbocycles. The van der Waals surface area contributed by atoms with Crippen molar-refractivity contribution in [1.29, 1.82) is 0 Å². The molecule has 1 saturated heterocycles. The molecule has 1 unspecified atom stereocenters. The summed E-state index contributed by atoms with van der Waals surface area (Å²) in [7, 11) is 0. The molecular formula is C24H25F3O2. The first-order valence-electron chi connectivity index (χ1n) is 10.2. The molecule has 0 bridgehead atoms. The summed E-state index contributed by atoms with van der Waals surface area (Å²) in [5, 5.41) is 0. The third-order valence-corrected chi connectivity index (χ3v) is 5.91. The van der Waals surface area contributed by atoms with Crippen LogP contribution in [0, 0.1) is 23.4 Å². The Morgan fingerprint density at radius 1 is 1.00 bits per heavy atom. The summed E-state index contributed by atoms with van der Waals surface area (Å²) in [4.78, 5) is 0. The van der Waals surface area contributed by atoms with Gasteiger partial charge in [0.2, 0.25) is 0 Å². The molecular weight excluding hydrogens is 377 g/mol. The van der Waals surface area contributed by atoms with Gasteiger partial charge < -0.3 is 9.47 Å². The summed E-state index contributed by atoms with van der Waals surface area (Å²) in [6.45, 7) is 2.81. The van der Waals surface area contributed by atoms with Gasteiger partial charge in [-0.25, -0.2) is 13.2 Å². The summed E-state index contributed by atoms with van der Waals surface area (Å²) >= 11 is 0. The number of allylic oxidation sites excluding steroid dienone is 1. The Hall–Kier alpha value is -2.27. The third kappa shape index (κ3) is 4.50. The first kappa shape index (κ1) is 20.0. The number of benzene rings is 2. The van der Waals surface area contributed by atoms with Crippen molar-refractivity contribution in [2.45, 2.75) is 44.6 Å². The van der Waals surface area contributed by atoms with Crippen LogP contribution >= 0.6 is 0 Å². The highest BCUT2D eigenvalue weighted by atomic mass is 19.2. The Morgan fingerprint density at radius 2 is 1.69 bits per heavy atom. The highest BCUT2D eigenvalue weighted by molar-refractivity contribution is 5.51. The Kier molecular flexibility index (Phi) is 5.95. The van der Waals surface area contributed by atoms with Crippen molar-refractivity contribution in [1.82, 2.24) is 0 Å². The van der Waals surface area contributed by atoms with E-state index in [4.69, 9.17) is 9.47 Å². The SMILES string of the molecule is C/C=C/c1ccc(OCC2CCC(c3ccc(C4CO4)c(F)c3F)CC2)cc1F. The van der Waals surface area contributed by atoms with Gasteiger partial charge in [-0.05, 0) is 62.1 Å². The summed E-state index contributed by atoms with van der Waals surface area (Å²) in [6, 6.07) is 8.26. The van der Waals surface area contributed by atoms with E-state index in [9.17, 15) is 13.2 Å². The maximum absolute atomic E-state index is 14.5. The molecule has 0 radical (unpaired) electrons. The van der Waals surface area contributed by atoms with Crippen molar-refractivity contribution in [3.8, 4) is 5.75 Å². The van der Waals surface area contributed by atoms with Gasteiger partial charge in [0.1, 0.15) is 17.7 Å². The molecule has 4 rings (SSSR count). The number of hydrogen-bond acceptors (Lipinski definition) is 2. The average molecular weight is 402 g/mol. The Labute approximate surface area is 169 Å². The molecule has 0 spiro atoms. The lowest BCUT2D eigenvalue weighted by Crippen LogP contribution is -2.20. The second-order valence-electron chi connectivity index (χ2n) is 7.91. The van der Waals surface area contributed by atoms with Crippen LogP contribution in [0.1, 0.15) is 61.3 Å². The van der Waals surface area contributed by atoms with Crippen LogP contribution in [0.4, 0.5) is 13.2 Å². The van der Waals surface area contributed by atoms with Crippen molar-refractivity contribution in [2.24, 2.45) is 5.92 Å². The van der Waals surface area contributed by atoms with E-state index in [1.165, 1.54) is 6.07 Å². The predicted molar refractivity (Wildman–Crippen MR) is 106 cm³/mol. The molecule has 2 aromatic carbocycles. The lowest BCUT2D eigenvalue weighted by atomic mass is 9.78. The van der Waals surface area contributed by atoms with E-state index in [1.54, 1.807) is 36.4 Å². The van der Waals surface area contributed by atoms with Gasteiger partial charge in [0.05, 0.1) is 13.2 Å². The molecule has 0 N–H and O–H groups in total. The minimum Gasteiger partial charge on any atom is -0.493 e. The average Bonchev–Trinajstić information content (AvgIpc) is 3.56. The standard InChI is InChI=1S/C24H25F3O2/c1-2-3-17-8-9-18(12-21(17)25)28-13-15-4-6-16(7-5-15)19-10-11-20(22-14-29-22)24(27)23(19)26/h2-3,8-12,15-16,22H,4-7,13-14H2,1H3/b3-2+. The second kappa shape index (κ2) is 8.62. The molecule has 2 nitrogen and oxygen atoms in total. The number of hydrogen-bond donors (Lipinski definition) is 0. The highest BCUT2D eigenvalue weighted by Gasteiger charge is 2.32. The Balaban J connectivity index is 1.32.